The molecule has 4 nitrogen and oxygen atoms in total. The number of anilines is 1. The highest BCUT2D eigenvalue weighted by Crippen LogP contribution is 2.34. The number of carbonyl (C=O) groups excluding carboxylic acids is 1. The van der Waals surface area contributed by atoms with Gasteiger partial charge in [-0.25, -0.2) is 4.98 Å². The van der Waals surface area contributed by atoms with Crippen LogP contribution in [0.25, 0.3) is 10.2 Å². The molecule has 2 aliphatic rings. The fourth-order valence-electron chi connectivity index (χ4n) is 4.51. The van der Waals surface area contributed by atoms with E-state index in [1.165, 1.54) is 15.8 Å². The molecule has 1 amide bonds. The second-order valence-electron chi connectivity index (χ2n) is 8.53. The summed E-state index contributed by atoms with van der Waals surface area (Å²) in [6.07, 6.45) is 3.37. The largest absolute Gasteiger partial charge is 0.346 e. The number of carbonyl (C=O) groups is 1. The summed E-state index contributed by atoms with van der Waals surface area (Å²) in [6.45, 7) is 5.55. The molecule has 0 saturated carbocycles. The van der Waals surface area contributed by atoms with Gasteiger partial charge in [-0.05, 0) is 55.4 Å². The quantitative estimate of drug-likeness (QED) is 0.640. The Hall–Kier alpha value is -2.40. The number of fused-ring (bicyclic) bond motifs is 1. The van der Waals surface area contributed by atoms with E-state index in [0.29, 0.717) is 11.8 Å². The second-order valence-corrected chi connectivity index (χ2v) is 9.54. The molecule has 3 aromatic rings. The molecule has 0 aliphatic carbocycles. The number of aryl methyl sites for hydroxylation is 1. The van der Waals surface area contributed by atoms with Gasteiger partial charge < -0.3 is 9.80 Å². The van der Waals surface area contributed by atoms with Crippen LogP contribution < -0.4 is 4.90 Å². The van der Waals surface area contributed by atoms with Crippen molar-refractivity contribution in [3.8, 4) is 0 Å². The first kappa shape index (κ1) is 18.6. The van der Waals surface area contributed by atoms with Crippen LogP contribution in [0.1, 0.15) is 24.0 Å². The molecule has 2 aliphatic heterocycles. The van der Waals surface area contributed by atoms with Gasteiger partial charge >= 0.3 is 0 Å². The fraction of sp³-hybridized carbons (Fsp3) is 0.417. The summed E-state index contributed by atoms with van der Waals surface area (Å²) in [5.74, 6) is 1.18. The van der Waals surface area contributed by atoms with Crippen LogP contribution in [0.4, 0.5) is 5.13 Å². The summed E-state index contributed by atoms with van der Waals surface area (Å²) < 4.78 is 1.23. The predicted molar refractivity (Wildman–Crippen MR) is 120 cm³/mol. The number of rotatable bonds is 4. The maximum Gasteiger partial charge on any atom is 0.229 e. The monoisotopic (exact) mass is 405 g/mol. The maximum absolute atomic E-state index is 12.9. The zero-order valence-corrected chi connectivity index (χ0v) is 17.7. The first-order chi connectivity index (χ1) is 14.2. The Kier molecular flexibility index (Phi) is 5.00. The topological polar surface area (TPSA) is 36.4 Å². The van der Waals surface area contributed by atoms with Gasteiger partial charge in [0.05, 0.1) is 16.1 Å². The van der Waals surface area contributed by atoms with Crippen LogP contribution in [0.2, 0.25) is 0 Å². The molecule has 1 aromatic heterocycles. The van der Waals surface area contributed by atoms with Crippen molar-refractivity contribution in [2.24, 2.45) is 11.8 Å². The van der Waals surface area contributed by atoms with Crippen molar-refractivity contribution < 1.29 is 4.79 Å². The molecule has 5 heteroatoms. The van der Waals surface area contributed by atoms with Crippen LogP contribution in [-0.4, -0.2) is 42.0 Å². The van der Waals surface area contributed by atoms with Crippen LogP contribution in [0.3, 0.4) is 0 Å². The average molecular weight is 406 g/mol. The highest BCUT2D eigenvalue weighted by atomic mass is 32.1. The van der Waals surface area contributed by atoms with Crippen LogP contribution >= 0.6 is 11.3 Å². The molecule has 0 atom stereocenters. The first-order valence-electron chi connectivity index (χ1n) is 10.6. The maximum atomic E-state index is 12.9. The van der Waals surface area contributed by atoms with Gasteiger partial charge in [-0.2, -0.15) is 0 Å². The summed E-state index contributed by atoms with van der Waals surface area (Å²) in [6, 6.07) is 17.1. The third kappa shape index (κ3) is 3.88. The van der Waals surface area contributed by atoms with Gasteiger partial charge in [0, 0.05) is 26.2 Å². The number of benzene rings is 2. The van der Waals surface area contributed by atoms with Crippen LogP contribution in [0.15, 0.2) is 48.5 Å². The molecule has 2 fully saturated rings. The van der Waals surface area contributed by atoms with Crippen molar-refractivity contribution in [3.05, 3.63) is 59.7 Å². The highest BCUT2D eigenvalue weighted by Gasteiger charge is 2.37. The third-order valence-electron chi connectivity index (χ3n) is 6.33. The lowest BCUT2D eigenvalue weighted by atomic mass is 9.89. The van der Waals surface area contributed by atoms with Gasteiger partial charge in [0.25, 0.3) is 0 Å². The predicted octanol–water partition coefficient (Wildman–Crippen LogP) is 4.52. The number of amides is 1. The van der Waals surface area contributed by atoms with E-state index in [-0.39, 0.29) is 5.92 Å². The molecule has 29 heavy (non-hydrogen) atoms. The Labute approximate surface area is 176 Å². The SMILES string of the molecule is Cc1ccc2nc(N3CC(C(=O)N4CCC(Cc5ccccc5)CC4)C3)sc2c1. The molecule has 0 bridgehead atoms. The van der Waals surface area contributed by atoms with Gasteiger partial charge in [0.15, 0.2) is 5.13 Å². The average Bonchev–Trinajstić information content (AvgIpc) is 3.10. The van der Waals surface area contributed by atoms with Crippen molar-refractivity contribution >= 4 is 32.6 Å². The lowest BCUT2D eigenvalue weighted by Gasteiger charge is -2.42. The molecule has 0 N–H and O–H groups in total. The Bertz CT molecular complexity index is 1000. The molecule has 3 heterocycles. The summed E-state index contributed by atoms with van der Waals surface area (Å²) in [7, 11) is 0. The van der Waals surface area contributed by atoms with Crippen LogP contribution in [0, 0.1) is 18.8 Å². The molecular weight excluding hydrogens is 378 g/mol. The minimum atomic E-state index is 0.134. The molecule has 150 valence electrons. The van der Waals surface area contributed by atoms with Crippen molar-refractivity contribution in [3.63, 3.8) is 0 Å². The Balaban J connectivity index is 1.13. The fourth-order valence-corrected chi connectivity index (χ4v) is 5.59. The molecule has 0 unspecified atom stereocenters. The standard InChI is InChI=1S/C24H27N3OS/c1-17-7-8-21-22(13-17)29-24(25-21)27-15-20(16-27)23(28)26-11-9-19(10-12-26)14-18-5-3-2-4-6-18/h2-8,13,19-20H,9-12,14-16H2,1H3. The normalized spacial score (nSPS) is 18.2. The van der Waals surface area contributed by atoms with E-state index < -0.39 is 0 Å². The molecule has 0 radical (unpaired) electrons. The van der Waals surface area contributed by atoms with E-state index in [4.69, 9.17) is 4.98 Å². The Morgan fingerprint density at radius 2 is 1.86 bits per heavy atom. The van der Waals surface area contributed by atoms with Gasteiger partial charge in [0.1, 0.15) is 0 Å². The van der Waals surface area contributed by atoms with Crippen molar-refractivity contribution in [2.75, 3.05) is 31.1 Å². The smallest absolute Gasteiger partial charge is 0.229 e. The minimum Gasteiger partial charge on any atom is -0.346 e. The summed E-state index contributed by atoms with van der Waals surface area (Å²) in [5, 5.41) is 1.05. The summed E-state index contributed by atoms with van der Waals surface area (Å²) in [5.41, 5.74) is 3.74. The summed E-state index contributed by atoms with van der Waals surface area (Å²) >= 11 is 1.74. The summed E-state index contributed by atoms with van der Waals surface area (Å²) in [4.78, 5) is 22.0. The Morgan fingerprint density at radius 1 is 1.10 bits per heavy atom. The number of likely N-dealkylation sites (tertiary alicyclic amines) is 1. The van der Waals surface area contributed by atoms with E-state index >= 15 is 0 Å². The zero-order valence-electron chi connectivity index (χ0n) is 16.9. The van der Waals surface area contributed by atoms with Gasteiger partial charge in [0.2, 0.25) is 5.91 Å². The van der Waals surface area contributed by atoms with E-state index in [9.17, 15) is 4.79 Å². The third-order valence-corrected chi connectivity index (χ3v) is 7.41. The zero-order chi connectivity index (χ0) is 19.8. The number of piperidine rings is 1. The van der Waals surface area contributed by atoms with Crippen molar-refractivity contribution in [2.45, 2.75) is 26.2 Å². The highest BCUT2D eigenvalue weighted by molar-refractivity contribution is 7.22. The minimum absolute atomic E-state index is 0.134. The number of hydrogen-bond acceptors (Lipinski definition) is 4. The number of hydrogen-bond donors (Lipinski definition) is 0. The lowest BCUT2D eigenvalue weighted by molar-refractivity contribution is -0.137. The first-order valence-corrected chi connectivity index (χ1v) is 11.4. The van der Waals surface area contributed by atoms with E-state index in [0.717, 1.165) is 56.1 Å². The number of thiazole rings is 1. The van der Waals surface area contributed by atoms with Crippen molar-refractivity contribution in [1.29, 1.82) is 0 Å². The second kappa shape index (κ2) is 7.79. The van der Waals surface area contributed by atoms with Crippen molar-refractivity contribution in [1.82, 2.24) is 9.88 Å². The number of aromatic nitrogens is 1. The molecular formula is C24H27N3OS. The van der Waals surface area contributed by atoms with Crippen LogP contribution in [0.5, 0.6) is 0 Å². The Morgan fingerprint density at radius 3 is 2.62 bits per heavy atom. The van der Waals surface area contributed by atoms with E-state index in [1.54, 1.807) is 11.3 Å². The van der Waals surface area contributed by atoms with Gasteiger partial charge in [-0.15, -0.1) is 0 Å². The molecule has 5 rings (SSSR count). The van der Waals surface area contributed by atoms with E-state index in [1.807, 2.05) is 0 Å². The number of nitrogens with zero attached hydrogens (tertiary/aromatic N) is 3. The molecule has 2 aromatic carbocycles. The van der Waals surface area contributed by atoms with Crippen LogP contribution in [-0.2, 0) is 11.2 Å². The van der Waals surface area contributed by atoms with Gasteiger partial charge in [-0.3, -0.25) is 4.79 Å². The van der Waals surface area contributed by atoms with Gasteiger partial charge in [-0.1, -0.05) is 47.7 Å². The molecule has 0 spiro atoms. The van der Waals surface area contributed by atoms with E-state index in [2.05, 4.69) is 65.3 Å². The molecule has 2 saturated heterocycles. The lowest BCUT2D eigenvalue weighted by Crippen LogP contribution is -2.55.